The van der Waals surface area contributed by atoms with Crippen LogP contribution in [0.2, 0.25) is 0 Å². The number of hydrogen-bond donors (Lipinski definition) is 0. The van der Waals surface area contributed by atoms with Gasteiger partial charge in [0, 0.05) is 18.9 Å². The first-order valence-corrected chi connectivity index (χ1v) is 9.18. The highest BCUT2D eigenvalue weighted by Gasteiger charge is 2.31. The Hall–Kier alpha value is -2.94. The van der Waals surface area contributed by atoms with Gasteiger partial charge in [-0.2, -0.15) is 0 Å². The first-order valence-electron chi connectivity index (χ1n) is 9.18. The first kappa shape index (κ1) is 18.8. The van der Waals surface area contributed by atoms with Crippen LogP contribution in [0.5, 0.6) is 0 Å². The van der Waals surface area contributed by atoms with E-state index < -0.39 is 5.54 Å². The fourth-order valence-electron chi connectivity index (χ4n) is 3.30. The van der Waals surface area contributed by atoms with Gasteiger partial charge in [-0.3, -0.25) is 9.78 Å². The number of carbonyl (C=O) groups is 1. The van der Waals surface area contributed by atoms with Gasteiger partial charge in [-0.15, -0.1) is 0 Å². The minimum atomic E-state index is -0.438. The number of rotatable bonds is 4. The van der Waals surface area contributed by atoms with Gasteiger partial charge in [0.2, 0.25) is 0 Å². The standard InChI is InChI=1S/C24H26N2O/c1-17-11-9-10-14-20(17)21-15-18(2)25-16-22(21)23(27)26(5)24(3,4)19-12-7-6-8-13-19/h6-16H,1-5H3. The second-order valence-electron chi connectivity index (χ2n) is 7.48. The highest BCUT2D eigenvalue weighted by molar-refractivity contribution is 6.01. The summed E-state index contributed by atoms with van der Waals surface area (Å²) >= 11 is 0. The fraction of sp³-hybridized carbons (Fsp3) is 0.250. The van der Waals surface area contributed by atoms with Crippen LogP contribution in [0.15, 0.2) is 66.9 Å². The highest BCUT2D eigenvalue weighted by Crippen LogP contribution is 2.32. The lowest BCUT2D eigenvalue weighted by atomic mass is 9.90. The van der Waals surface area contributed by atoms with Gasteiger partial charge in [-0.1, -0.05) is 54.6 Å². The molecule has 0 atom stereocenters. The second-order valence-corrected chi connectivity index (χ2v) is 7.48. The predicted octanol–water partition coefficient (Wildman–Crippen LogP) is 5.37. The number of nitrogens with zero attached hydrogens (tertiary/aromatic N) is 2. The van der Waals surface area contributed by atoms with Gasteiger partial charge in [0.25, 0.3) is 5.91 Å². The number of amides is 1. The Bertz CT molecular complexity index is 961. The lowest BCUT2D eigenvalue weighted by molar-refractivity contribution is 0.0622. The minimum absolute atomic E-state index is 0.0328. The molecule has 0 saturated carbocycles. The predicted molar refractivity (Wildman–Crippen MR) is 111 cm³/mol. The summed E-state index contributed by atoms with van der Waals surface area (Å²) < 4.78 is 0. The molecule has 0 aliphatic rings. The largest absolute Gasteiger partial charge is 0.332 e. The van der Waals surface area contributed by atoms with Crippen molar-refractivity contribution < 1.29 is 4.79 Å². The summed E-state index contributed by atoms with van der Waals surface area (Å²) in [5.41, 5.74) is 5.32. The lowest BCUT2D eigenvalue weighted by Gasteiger charge is -2.36. The van der Waals surface area contributed by atoms with Crippen molar-refractivity contribution in [2.45, 2.75) is 33.2 Å². The molecule has 0 radical (unpaired) electrons. The van der Waals surface area contributed by atoms with Crippen molar-refractivity contribution in [1.82, 2.24) is 9.88 Å². The van der Waals surface area contributed by atoms with E-state index in [9.17, 15) is 4.79 Å². The number of pyridine rings is 1. The molecule has 0 unspecified atom stereocenters. The molecule has 0 bridgehead atoms. The van der Waals surface area contributed by atoms with Gasteiger partial charge in [-0.05, 0) is 56.0 Å². The van der Waals surface area contributed by atoms with E-state index in [1.807, 2.05) is 50.4 Å². The zero-order chi connectivity index (χ0) is 19.6. The molecule has 1 heterocycles. The summed E-state index contributed by atoms with van der Waals surface area (Å²) in [4.78, 5) is 19.7. The van der Waals surface area contributed by atoms with Crippen molar-refractivity contribution in [2.75, 3.05) is 7.05 Å². The zero-order valence-electron chi connectivity index (χ0n) is 16.7. The van der Waals surface area contributed by atoms with Crippen molar-refractivity contribution in [3.63, 3.8) is 0 Å². The Balaban J connectivity index is 2.06. The molecule has 1 aromatic heterocycles. The Morgan fingerprint density at radius 3 is 2.22 bits per heavy atom. The summed E-state index contributed by atoms with van der Waals surface area (Å²) in [6.07, 6.45) is 1.71. The third kappa shape index (κ3) is 3.63. The molecule has 3 aromatic rings. The summed E-state index contributed by atoms with van der Waals surface area (Å²) in [7, 11) is 1.86. The monoisotopic (exact) mass is 358 g/mol. The Labute approximate surface area is 161 Å². The number of aromatic nitrogens is 1. The molecule has 0 spiro atoms. The van der Waals surface area contributed by atoms with Crippen LogP contribution in [0, 0.1) is 13.8 Å². The third-order valence-corrected chi connectivity index (χ3v) is 5.33. The van der Waals surface area contributed by atoms with Gasteiger partial charge in [0.15, 0.2) is 0 Å². The maximum absolute atomic E-state index is 13.5. The SMILES string of the molecule is Cc1cc(-c2ccccc2C)c(C(=O)N(C)C(C)(C)c2ccccc2)cn1. The molecule has 0 aliphatic heterocycles. The number of aryl methyl sites for hydroxylation is 2. The quantitative estimate of drug-likeness (QED) is 0.628. The molecule has 2 aromatic carbocycles. The smallest absolute Gasteiger partial charge is 0.256 e. The van der Waals surface area contributed by atoms with Crippen LogP contribution in [-0.2, 0) is 5.54 Å². The third-order valence-electron chi connectivity index (χ3n) is 5.33. The lowest BCUT2D eigenvalue weighted by Crippen LogP contribution is -2.43. The maximum Gasteiger partial charge on any atom is 0.256 e. The number of carbonyl (C=O) groups excluding carboxylic acids is 1. The van der Waals surface area contributed by atoms with Crippen LogP contribution in [0.1, 0.15) is 41.0 Å². The molecule has 3 rings (SSSR count). The number of hydrogen-bond acceptors (Lipinski definition) is 2. The van der Waals surface area contributed by atoms with Gasteiger partial charge in [-0.25, -0.2) is 0 Å². The van der Waals surface area contributed by atoms with Crippen molar-refractivity contribution in [1.29, 1.82) is 0 Å². The maximum atomic E-state index is 13.5. The molecule has 0 N–H and O–H groups in total. The molecule has 27 heavy (non-hydrogen) atoms. The van der Waals surface area contributed by atoms with Crippen LogP contribution < -0.4 is 0 Å². The summed E-state index contributed by atoms with van der Waals surface area (Å²) in [6, 6.07) is 20.2. The normalized spacial score (nSPS) is 11.3. The van der Waals surface area contributed by atoms with Crippen LogP contribution in [0.3, 0.4) is 0 Å². The van der Waals surface area contributed by atoms with Crippen LogP contribution in [0.4, 0.5) is 0 Å². The molecule has 3 nitrogen and oxygen atoms in total. The molecule has 138 valence electrons. The Morgan fingerprint density at radius 2 is 1.56 bits per heavy atom. The van der Waals surface area contributed by atoms with Gasteiger partial charge < -0.3 is 4.90 Å². The van der Waals surface area contributed by atoms with E-state index in [0.717, 1.165) is 27.9 Å². The van der Waals surface area contributed by atoms with Crippen molar-refractivity contribution in [2.24, 2.45) is 0 Å². The minimum Gasteiger partial charge on any atom is -0.332 e. The molecule has 0 fully saturated rings. The van der Waals surface area contributed by atoms with Gasteiger partial charge >= 0.3 is 0 Å². The Kier molecular flexibility index (Phi) is 5.13. The summed E-state index contributed by atoms with van der Waals surface area (Å²) in [6.45, 7) is 8.15. The van der Waals surface area contributed by atoms with Crippen LogP contribution >= 0.6 is 0 Å². The Morgan fingerprint density at radius 1 is 0.926 bits per heavy atom. The van der Waals surface area contributed by atoms with Crippen LogP contribution in [-0.4, -0.2) is 22.8 Å². The molecule has 0 saturated heterocycles. The van der Waals surface area contributed by atoms with E-state index in [1.54, 1.807) is 11.1 Å². The highest BCUT2D eigenvalue weighted by atomic mass is 16.2. The summed E-state index contributed by atoms with van der Waals surface area (Å²) in [5, 5.41) is 0. The van der Waals surface area contributed by atoms with Crippen molar-refractivity contribution in [3.8, 4) is 11.1 Å². The van der Waals surface area contributed by atoms with E-state index >= 15 is 0 Å². The van der Waals surface area contributed by atoms with Crippen molar-refractivity contribution >= 4 is 5.91 Å². The molecule has 1 amide bonds. The first-order chi connectivity index (χ1) is 12.8. The topological polar surface area (TPSA) is 33.2 Å². The van der Waals surface area contributed by atoms with Gasteiger partial charge in [0.05, 0.1) is 11.1 Å². The number of benzene rings is 2. The second kappa shape index (κ2) is 7.36. The van der Waals surface area contributed by atoms with E-state index in [2.05, 4.69) is 50.0 Å². The van der Waals surface area contributed by atoms with E-state index in [1.165, 1.54) is 0 Å². The summed E-state index contributed by atoms with van der Waals surface area (Å²) in [5.74, 6) is -0.0328. The van der Waals surface area contributed by atoms with Crippen molar-refractivity contribution in [3.05, 3.63) is 89.2 Å². The fourth-order valence-corrected chi connectivity index (χ4v) is 3.30. The average Bonchev–Trinajstić information content (AvgIpc) is 2.68. The van der Waals surface area contributed by atoms with Gasteiger partial charge in [0.1, 0.15) is 0 Å². The van der Waals surface area contributed by atoms with E-state index in [4.69, 9.17) is 0 Å². The molecular weight excluding hydrogens is 332 g/mol. The van der Waals surface area contributed by atoms with E-state index in [0.29, 0.717) is 5.56 Å². The molecule has 0 aliphatic carbocycles. The zero-order valence-corrected chi connectivity index (χ0v) is 16.7. The van der Waals surface area contributed by atoms with E-state index in [-0.39, 0.29) is 5.91 Å². The molecule has 3 heteroatoms. The average molecular weight is 358 g/mol. The molecular formula is C24H26N2O. The van der Waals surface area contributed by atoms with Crippen LogP contribution in [0.25, 0.3) is 11.1 Å².